The van der Waals surface area contributed by atoms with Crippen molar-refractivity contribution in [3.05, 3.63) is 0 Å². The van der Waals surface area contributed by atoms with Crippen molar-refractivity contribution in [3.8, 4) is 0 Å². The molecule has 102 valence electrons. The Bertz CT molecular complexity index is 287. The molecule has 1 N–H and O–H groups in total. The fourth-order valence-electron chi connectivity index (χ4n) is 2.30. The van der Waals surface area contributed by atoms with Gasteiger partial charge in [0.2, 0.25) is 0 Å². The van der Waals surface area contributed by atoms with E-state index in [4.69, 9.17) is 13.9 Å². The maximum Gasteiger partial charge on any atom is 0.188 e. The van der Waals surface area contributed by atoms with E-state index in [1.807, 2.05) is 13.8 Å². The average Bonchev–Trinajstić information content (AvgIpc) is 2.11. The molecule has 0 saturated carbocycles. The van der Waals surface area contributed by atoms with Gasteiger partial charge in [0.05, 0.1) is 13.2 Å². The standard InChI is InChI=1S/C12H26O4Si/c1-9(2,3)12(6)10(4,13)7-14-11(5,16-12)8-15-17/h13H,7-8H2,1-6,17H3/t10-,11-,12+/m1/s1. The van der Waals surface area contributed by atoms with Crippen molar-refractivity contribution in [3.63, 3.8) is 0 Å². The summed E-state index contributed by atoms with van der Waals surface area (Å²) in [7, 11) is 0.644. The lowest BCUT2D eigenvalue weighted by atomic mass is 9.67. The van der Waals surface area contributed by atoms with Crippen LogP contribution >= 0.6 is 0 Å². The van der Waals surface area contributed by atoms with Crippen LogP contribution in [0.2, 0.25) is 0 Å². The van der Waals surface area contributed by atoms with Gasteiger partial charge in [0.1, 0.15) is 21.7 Å². The van der Waals surface area contributed by atoms with Crippen LogP contribution in [0.1, 0.15) is 41.5 Å². The molecule has 0 aromatic heterocycles. The van der Waals surface area contributed by atoms with Crippen LogP contribution in [0.4, 0.5) is 0 Å². The monoisotopic (exact) mass is 262 g/mol. The zero-order valence-electron chi connectivity index (χ0n) is 12.1. The molecule has 0 unspecified atom stereocenters. The molecule has 1 saturated heterocycles. The number of hydrogen-bond donors (Lipinski definition) is 1. The highest BCUT2D eigenvalue weighted by Gasteiger charge is 2.59. The van der Waals surface area contributed by atoms with Crippen LogP contribution in [0.5, 0.6) is 0 Å². The third-order valence-corrected chi connectivity index (χ3v) is 4.23. The van der Waals surface area contributed by atoms with Crippen LogP contribution in [0.25, 0.3) is 0 Å². The van der Waals surface area contributed by atoms with Crippen molar-refractivity contribution in [1.82, 2.24) is 0 Å². The number of ether oxygens (including phenoxy) is 2. The molecular weight excluding hydrogens is 236 g/mol. The Morgan fingerprint density at radius 1 is 1.29 bits per heavy atom. The van der Waals surface area contributed by atoms with Gasteiger partial charge in [-0.25, -0.2) is 0 Å². The fraction of sp³-hybridized carbons (Fsp3) is 1.00. The highest BCUT2D eigenvalue weighted by Crippen LogP contribution is 2.47. The molecule has 0 aliphatic carbocycles. The molecule has 5 heteroatoms. The molecule has 3 atom stereocenters. The average molecular weight is 262 g/mol. The minimum Gasteiger partial charge on any atom is -0.422 e. The molecule has 1 aliphatic rings. The van der Waals surface area contributed by atoms with Crippen LogP contribution in [0.15, 0.2) is 0 Å². The van der Waals surface area contributed by atoms with Gasteiger partial charge in [-0.05, 0) is 26.2 Å². The summed E-state index contributed by atoms with van der Waals surface area (Å²) in [5.74, 6) is -0.772. The van der Waals surface area contributed by atoms with Gasteiger partial charge in [0.15, 0.2) is 5.79 Å². The summed E-state index contributed by atoms with van der Waals surface area (Å²) in [6.07, 6.45) is 0. The smallest absolute Gasteiger partial charge is 0.188 e. The predicted octanol–water partition coefficient (Wildman–Crippen LogP) is 0.602. The summed E-state index contributed by atoms with van der Waals surface area (Å²) < 4.78 is 17.0. The molecule has 0 aromatic carbocycles. The number of rotatable bonds is 2. The second kappa shape index (κ2) is 4.31. The van der Waals surface area contributed by atoms with Crippen LogP contribution in [0, 0.1) is 5.41 Å². The van der Waals surface area contributed by atoms with Gasteiger partial charge < -0.3 is 19.0 Å². The van der Waals surface area contributed by atoms with Gasteiger partial charge in [0.25, 0.3) is 0 Å². The van der Waals surface area contributed by atoms with E-state index in [0.717, 1.165) is 0 Å². The Morgan fingerprint density at radius 2 is 1.82 bits per heavy atom. The minimum absolute atomic E-state index is 0.202. The second-order valence-electron chi connectivity index (χ2n) is 6.51. The molecular formula is C12H26O4Si. The first-order valence-electron chi connectivity index (χ1n) is 6.03. The Balaban J connectivity index is 3.06. The molecule has 1 heterocycles. The number of hydrogen-bond acceptors (Lipinski definition) is 4. The lowest BCUT2D eigenvalue weighted by Gasteiger charge is -2.58. The first kappa shape index (κ1) is 15.1. The quantitative estimate of drug-likeness (QED) is 0.741. The third kappa shape index (κ3) is 2.58. The second-order valence-corrected chi connectivity index (χ2v) is 7.09. The summed E-state index contributed by atoms with van der Waals surface area (Å²) in [5.41, 5.74) is -1.91. The van der Waals surface area contributed by atoms with Crippen molar-refractivity contribution in [2.24, 2.45) is 5.41 Å². The van der Waals surface area contributed by atoms with Crippen molar-refractivity contribution >= 4 is 10.5 Å². The zero-order chi connectivity index (χ0) is 13.5. The summed E-state index contributed by atoms with van der Waals surface area (Å²) in [4.78, 5) is 0. The van der Waals surface area contributed by atoms with Gasteiger partial charge in [0, 0.05) is 0 Å². The van der Waals surface area contributed by atoms with E-state index in [-0.39, 0.29) is 12.0 Å². The molecule has 0 bridgehead atoms. The molecule has 0 amide bonds. The van der Waals surface area contributed by atoms with Crippen LogP contribution in [-0.4, -0.2) is 45.8 Å². The fourth-order valence-corrected chi connectivity index (χ4v) is 2.82. The first-order chi connectivity index (χ1) is 7.47. The van der Waals surface area contributed by atoms with Crippen LogP contribution < -0.4 is 0 Å². The highest BCUT2D eigenvalue weighted by atomic mass is 28.2. The Kier molecular flexibility index (Phi) is 3.83. The minimum atomic E-state index is -1.02. The molecule has 1 aliphatic heterocycles. The molecule has 4 nitrogen and oxygen atoms in total. The topological polar surface area (TPSA) is 47.9 Å². The Labute approximate surface area is 107 Å². The van der Waals surface area contributed by atoms with E-state index in [1.54, 1.807) is 6.92 Å². The van der Waals surface area contributed by atoms with Crippen molar-refractivity contribution in [2.45, 2.75) is 58.5 Å². The Hall–Kier alpha value is 0.0569. The summed E-state index contributed by atoms with van der Waals surface area (Å²) in [6.45, 7) is 12.4. The van der Waals surface area contributed by atoms with E-state index in [1.165, 1.54) is 0 Å². The van der Waals surface area contributed by atoms with Crippen LogP contribution in [0.3, 0.4) is 0 Å². The van der Waals surface area contributed by atoms with E-state index in [2.05, 4.69) is 20.8 Å². The normalized spacial score (nSPS) is 43.9. The predicted molar refractivity (Wildman–Crippen MR) is 69.8 cm³/mol. The summed E-state index contributed by atoms with van der Waals surface area (Å²) in [5, 5.41) is 10.5. The molecule has 1 rings (SSSR count). The van der Waals surface area contributed by atoms with E-state index >= 15 is 0 Å². The van der Waals surface area contributed by atoms with Crippen molar-refractivity contribution < 1.29 is 19.0 Å². The summed E-state index contributed by atoms with van der Waals surface area (Å²) in [6, 6.07) is 0. The zero-order valence-corrected chi connectivity index (χ0v) is 14.1. The molecule has 0 radical (unpaired) electrons. The molecule has 0 spiro atoms. The van der Waals surface area contributed by atoms with E-state index in [0.29, 0.717) is 17.1 Å². The van der Waals surface area contributed by atoms with Gasteiger partial charge >= 0.3 is 0 Å². The van der Waals surface area contributed by atoms with Gasteiger partial charge in [-0.3, -0.25) is 0 Å². The number of aliphatic hydroxyl groups is 1. The largest absolute Gasteiger partial charge is 0.422 e. The van der Waals surface area contributed by atoms with E-state index < -0.39 is 17.0 Å². The van der Waals surface area contributed by atoms with E-state index in [9.17, 15) is 5.11 Å². The third-order valence-electron chi connectivity index (χ3n) is 3.94. The van der Waals surface area contributed by atoms with Crippen molar-refractivity contribution in [2.75, 3.05) is 13.2 Å². The lowest BCUT2D eigenvalue weighted by molar-refractivity contribution is -0.397. The maximum absolute atomic E-state index is 10.5. The van der Waals surface area contributed by atoms with Gasteiger partial charge in [-0.15, -0.1) is 0 Å². The first-order valence-corrected chi connectivity index (χ1v) is 6.85. The molecule has 1 fully saturated rings. The maximum atomic E-state index is 10.5. The molecule has 17 heavy (non-hydrogen) atoms. The Morgan fingerprint density at radius 3 is 2.24 bits per heavy atom. The summed E-state index contributed by atoms with van der Waals surface area (Å²) >= 11 is 0. The van der Waals surface area contributed by atoms with Gasteiger partial charge in [-0.1, -0.05) is 20.8 Å². The highest BCUT2D eigenvalue weighted by molar-refractivity contribution is 5.97. The SMILES string of the molecule is CC(C)(C)[C@]1(C)O[C@](C)(CO[SiH3])OC[C@@]1(C)O. The van der Waals surface area contributed by atoms with Crippen LogP contribution in [-0.2, 0) is 13.9 Å². The van der Waals surface area contributed by atoms with Crippen molar-refractivity contribution in [1.29, 1.82) is 0 Å². The lowest BCUT2D eigenvalue weighted by Crippen LogP contribution is -2.69. The molecule has 0 aromatic rings. The van der Waals surface area contributed by atoms with Gasteiger partial charge in [-0.2, -0.15) is 0 Å².